The second kappa shape index (κ2) is 6.61. The van der Waals surface area contributed by atoms with Crippen LogP contribution in [0.1, 0.15) is 39.0 Å². The van der Waals surface area contributed by atoms with Gasteiger partial charge >= 0.3 is 0 Å². The first-order chi connectivity index (χ1) is 8.76. The van der Waals surface area contributed by atoms with Crippen molar-refractivity contribution >= 4 is 29.9 Å². The number of rotatable bonds is 3. The molecule has 110 valence electrons. The van der Waals surface area contributed by atoms with Gasteiger partial charge in [-0.3, -0.25) is 9.89 Å². The Hall–Kier alpha value is -0.0400. The van der Waals surface area contributed by atoms with Crippen LogP contribution in [0.15, 0.2) is 4.99 Å². The van der Waals surface area contributed by atoms with Crippen LogP contribution in [-0.4, -0.2) is 49.1 Å². The number of hydrogen-bond donors (Lipinski definition) is 2. The molecule has 0 amide bonds. The minimum Gasteiger partial charge on any atom is -0.354 e. The number of likely N-dealkylation sites (tertiary alicyclic amines) is 1. The summed E-state index contributed by atoms with van der Waals surface area (Å²) in [5, 5.41) is 7.15. The molecule has 3 rings (SSSR count). The molecule has 3 fully saturated rings. The van der Waals surface area contributed by atoms with Crippen molar-refractivity contribution in [3.63, 3.8) is 0 Å². The predicted molar refractivity (Wildman–Crippen MR) is 90.2 cm³/mol. The predicted octanol–water partition coefficient (Wildman–Crippen LogP) is 1.80. The average Bonchev–Trinajstić information content (AvgIpc) is 3.08. The lowest BCUT2D eigenvalue weighted by Gasteiger charge is -2.30. The number of nitrogens with one attached hydrogen (secondary N) is 2. The molecule has 19 heavy (non-hydrogen) atoms. The van der Waals surface area contributed by atoms with Gasteiger partial charge in [-0.25, -0.2) is 0 Å². The molecule has 0 aromatic carbocycles. The van der Waals surface area contributed by atoms with E-state index in [2.05, 4.69) is 27.4 Å². The second-order valence-electron chi connectivity index (χ2n) is 6.26. The Kier molecular flexibility index (Phi) is 5.34. The maximum Gasteiger partial charge on any atom is 0.191 e. The summed E-state index contributed by atoms with van der Waals surface area (Å²) >= 11 is 0. The van der Waals surface area contributed by atoms with E-state index in [9.17, 15) is 0 Å². The molecule has 0 radical (unpaired) electrons. The minimum atomic E-state index is 0. The third kappa shape index (κ3) is 3.74. The molecule has 0 spiro atoms. The molecular formula is C14H27IN4. The van der Waals surface area contributed by atoms with Gasteiger partial charge in [-0.2, -0.15) is 0 Å². The van der Waals surface area contributed by atoms with E-state index in [0.717, 1.165) is 17.9 Å². The zero-order valence-electron chi connectivity index (χ0n) is 12.1. The summed E-state index contributed by atoms with van der Waals surface area (Å²) in [6.45, 7) is 4.80. The molecule has 2 N–H and O–H groups in total. The smallest absolute Gasteiger partial charge is 0.191 e. The van der Waals surface area contributed by atoms with E-state index < -0.39 is 0 Å². The van der Waals surface area contributed by atoms with Crippen LogP contribution in [0.5, 0.6) is 0 Å². The maximum atomic E-state index is 4.37. The zero-order valence-corrected chi connectivity index (χ0v) is 14.4. The highest BCUT2D eigenvalue weighted by molar-refractivity contribution is 14.0. The van der Waals surface area contributed by atoms with Crippen molar-refractivity contribution in [3.8, 4) is 0 Å². The lowest BCUT2D eigenvalue weighted by atomic mass is 9.93. The first-order valence-corrected chi connectivity index (χ1v) is 7.50. The summed E-state index contributed by atoms with van der Waals surface area (Å²) in [6, 6.07) is 2.12. The summed E-state index contributed by atoms with van der Waals surface area (Å²) < 4.78 is 0. The van der Waals surface area contributed by atoms with E-state index in [-0.39, 0.29) is 24.0 Å². The van der Waals surface area contributed by atoms with Crippen molar-refractivity contribution in [1.29, 1.82) is 0 Å². The largest absolute Gasteiger partial charge is 0.354 e. The molecule has 0 aromatic rings. The number of halogens is 1. The topological polar surface area (TPSA) is 39.7 Å². The molecule has 2 atom stereocenters. The Morgan fingerprint density at radius 3 is 2.37 bits per heavy atom. The van der Waals surface area contributed by atoms with E-state index >= 15 is 0 Å². The molecule has 1 aliphatic heterocycles. The van der Waals surface area contributed by atoms with Gasteiger partial charge in [0.2, 0.25) is 0 Å². The van der Waals surface area contributed by atoms with Crippen LogP contribution in [0.4, 0.5) is 0 Å². The van der Waals surface area contributed by atoms with Crippen LogP contribution < -0.4 is 10.6 Å². The van der Waals surface area contributed by atoms with E-state index in [1.807, 2.05) is 7.05 Å². The average molecular weight is 378 g/mol. The fourth-order valence-electron chi connectivity index (χ4n) is 3.02. The lowest BCUT2D eigenvalue weighted by Crippen LogP contribution is -2.51. The Labute approximate surface area is 133 Å². The standard InChI is InChI=1S/C14H26N4.HI/c1-10-8-18(12-6-7-12)9-13(10)17-14(15-2)16-11-4-3-5-11;/h10-13H,3-9H2,1-2H3,(H2,15,16,17);1H. The van der Waals surface area contributed by atoms with Crippen LogP contribution in [0, 0.1) is 5.92 Å². The fraction of sp³-hybridized carbons (Fsp3) is 0.929. The molecule has 1 heterocycles. The SMILES string of the molecule is CN=C(NC1CCC1)NC1CN(C2CC2)CC1C.I. The summed E-state index contributed by atoms with van der Waals surface area (Å²) in [7, 11) is 1.88. The van der Waals surface area contributed by atoms with Gasteiger partial charge in [0.1, 0.15) is 0 Å². The van der Waals surface area contributed by atoms with Crippen LogP contribution in [0.3, 0.4) is 0 Å². The summed E-state index contributed by atoms with van der Waals surface area (Å²) in [6.07, 6.45) is 6.79. The van der Waals surface area contributed by atoms with E-state index in [1.165, 1.54) is 45.2 Å². The highest BCUT2D eigenvalue weighted by Crippen LogP contribution is 2.31. The molecular weight excluding hydrogens is 351 g/mol. The third-order valence-electron chi connectivity index (χ3n) is 4.70. The molecule has 2 saturated carbocycles. The monoisotopic (exact) mass is 378 g/mol. The van der Waals surface area contributed by atoms with Gasteiger partial charge < -0.3 is 10.6 Å². The number of nitrogens with zero attached hydrogens (tertiary/aromatic N) is 2. The summed E-state index contributed by atoms with van der Waals surface area (Å²) in [5.41, 5.74) is 0. The molecule has 0 bridgehead atoms. The van der Waals surface area contributed by atoms with Crippen molar-refractivity contribution in [3.05, 3.63) is 0 Å². The summed E-state index contributed by atoms with van der Waals surface area (Å²) in [5.74, 6) is 1.74. The van der Waals surface area contributed by atoms with Crippen molar-refractivity contribution in [2.45, 2.75) is 57.2 Å². The Balaban J connectivity index is 0.00000133. The van der Waals surface area contributed by atoms with Crippen LogP contribution in [0.2, 0.25) is 0 Å². The Morgan fingerprint density at radius 2 is 1.84 bits per heavy atom. The fourth-order valence-corrected chi connectivity index (χ4v) is 3.02. The number of hydrogen-bond acceptors (Lipinski definition) is 2. The van der Waals surface area contributed by atoms with Crippen molar-refractivity contribution < 1.29 is 0 Å². The van der Waals surface area contributed by atoms with Gasteiger partial charge in [0.05, 0.1) is 0 Å². The molecule has 3 aliphatic rings. The quantitative estimate of drug-likeness (QED) is 0.447. The molecule has 2 aliphatic carbocycles. The van der Waals surface area contributed by atoms with Gasteiger partial charge in [0.15, 0.2) is 5.96 Å². The van der Waals surface area contributed by atoms with Gasteiger partial charge in [-0.15, -0.1) is 24.0 Å². The number of aliphatic imine (C=N–C) groups is 1. The highest BCUT2D eigenvalue weighted by atomic mass is 127. The van der Waals surface area contributed by atoms with Crippen LogP contribution >= 0.6 is 24.0 Å². The van der Waals surface area contributed by atoms with Gasteiger partial charge in [-0.1, -0.05) is 6.92 Å². The van der Waals surface area contributed by atoms with E-state index in [0.29, 0.717) is 12.1 Å². The second-order valence-corrected chi connectivity index (χ2v) is 6.26. The Morgan fingerprint density at radius 1 is 1.11 bits per heavy atom. The lowest BCUT2D eigenvalue weighted by molar-refractivity contribution is 0.315. The number of guanidine groups is 1. The Bertz CT molecular complexity index is 325. The van der Waals surface area contributed by atoms with E-state index in [1.54, 1.807) is 0 Å². The van der Waals surface area contributed by atoms with Crippen molar-refractivity contribution in [2.24, 2.45) is 10.9 Å². The molecule has 0 aromatic heterocycles. The molecule has 2 unspecified atom stereocenters. The highest BCUT2D eigenvalue weighted by Gasteiger charge is 2.38. The van der Waals surface area contributed by atoms with Crippen molar-refractivity contribution in [1.82, 2.24) is 15.5 Å². The third-order valence-corrected chi connectivity index (χ3v) is 4.70. The summed E-state index contributed by atoms with van der Waals surface area (Å²) in [4.78, 5) is 7.02. The normalized spacial score (nSPS) is 32.6. The maximum absolute atomic E-state index is 4.37. The molecule has 5 heteroatoms. The van der Waals surface area contributed by atoms with Gasteiger partial charge in [0.25, 0.3) is 0 Å². The van der Waals surface area contributed by atoms with Crippen molar-refractivity contribution in [2.75, 3.05) is 20.1 Å². The molecule has 4 nitrogen and oxygen atoms in total. The van der Waals surface area contributed by atoms with Crippen LogP contribution in [-0.2, 0) is 0 Å². The first-order valence-electron chi connectivity index (χ1n) is 7.50. The minimum absolute atomic E-state index is 0. The molecule has 1 saturated heterocycles. The van der Waals surface area contributed by atoms with Crippen LogP contribution in [0.25, 0.3) is 0 Å². The first kappa shape index (κ1) is 15.4. The van der Waals surface area contributed by atoms with Gasteiger partial charge in [-0.05, 0) is 38.0 Å². The van der Waals surface area contributed by atoms with Gasteiger partial charge in [0, 0.05) is 38.3 Å². The van der Waals surface area contributed by atoms with E-state index in [4.69, 9.17) is 0 Å². The zero-order chi connectivity index (χ0) is 12.5.